The number of aliphatic carboxylic acids is 1. The summed E-state index contributed by atoms with van der Waals surface area (Å²) >= 11 is 0. The lowest BCUT2D eigenvalue weighted by molar-refractivity contribution is -0.198. The molecular weight excluding hydrogens is 217 g/mol. The Bertz CT molecular complexity index is 257. The molecule has 0 atom stereocenters. The Morgan fingerprint density at radius 2 is 1.87 bits per heavy atom. The lowest BCUT2D eigenvalue weighted by atomic mass is 10.3. The van der Waals surface area contributed by atoms with Crippen molar-refractivity contribution in [2.75, 3.05) is 6.61 Å². The lowest BCUT2D eigenvalue weighted by Gasteiger charge is -2.03. The fourth-order valence-corrected chi connectivity index (χ4v) is 0.598. The van der Waals surface area contributed by atoms with Crippen LogP contribution >= 0.6 is 0 Å². The first-order valence-corrected chi connectivity index (χ1v) is 3.94. The van der Waals surface area contributed by atoms with Crippen LogP contribution < -0.4 is 0 Å². The van der Waals surface area contributed by atoms with Crippen LogP contribution in [0.4, 0.5) is 13.2 Å². The predicted octanol–water partition coefficient (Wildman–Crippen LogP) is 1.51. The van der Waals surface area contributed by atoms with Gasteiger partial charge in [-0.05, 0) is 6.42 Å². The molecule has 0 unspecified atom stereocenters. The second-order valence-electron chi connectivity index (χ2n) is 2.50. The summed E-state index contributed by atoms with van der Waals surface area (Å²) in [6.07, 6.45) is -2.44. The van der Waals surface area contributed by atoms with E-state index in [9.17, 15) is 22.8 Å². The van der Waals surface area contributed by atoms with Crippen molar-refractivity contribution in [2.45, 2.75) is 19.0 Å². The van der Waals surface area contributed by atoms with Gasteiger partial charge in [-0.1, -0.05) is 12.2 Å². The van der Waals surface area contributed by atoms with Gasteiger partial charge in [0.15, 0.2) is 0 Å². The highest BCUT2D eigenvalue weighted by molar-refractivity contribution is 5.75. The van der Waals surface area contributed by atoms with E-state index in [2.05, 4.69) is 4.74 Å². The van der Waals surface area contributed by atoms with Crippen molar-refractivity contribution in [1.82, 2.24) is 0 Å². The van der Waals surface area contributed by atoms with Gasteiger partial charge in [-0.25, -0.2) is 4.79 Å². The summed E-state index contributed by atoms with van der Waals surface area (Å²) in [6.45, 7) is -0.516. The van der Waals surface area contributed by atoms with Gasteiger partial charge in [0.05, 0.1) is 0 Å². The highest BCUT2D eigenvalue weighted by atomic mass is 19.4. The Morgan fingerprint density at radius 1 is 1.27 bits per heavy atom. The zero-order chi connectivity index (χ0) is 11.9. The van der Waals surface area contributed by atoms with Gasteiger partial charge in [0.25, 0.3) is 0 Å². The maximum Gasteiger partial charge on any atom is 0.490 e. The molecule has 4 nitrogen and oxygen atoms in total. The molecule has 0 spiro atoms. The molecule has 0 aromatic carbocycles. The van der Waals surface area contributed by atoms with E-state index < -0.39 is 24.7 Å². The third-order valence-corrected chi connectivity index (χ3v) is 1.23. The number of ether oxygens (including phenoxy) is 1. The standard InChI is InChI=1S/C8H9F3O4/c9-8(10,11)7(14)15-5-3-1-2-4-6(12)13/h1,3H,2,4-5H2,(H,12,13)/b3-1-. The molecule has 0 aliphatic rings. The highest BCUT2D eigenvalue weighted by Crippen LogP contribution is 2.16. The fraction of sp³-hybridized carbons (Fsp3) is 0.500. The Kier molecular flexibility index (Phi) is 5.43. The largest absolute Gasteiger partial charge is 0.490 e. The second-order valence-corrected chi connectivity index (χ2v) is 2.50. The average Bonchev–Trinajstić information content (AvgIpc) is 2.08. The van der Waals surface area contributed by atoms with Crippen LogP contribution in [0, 0.1) is 0 Å². The first-order chi connectivity index (χ1) is 6.84. The van der Waals surface area contributed by atoms with Crippen LogP contribution in [-0.2, 0) is 14.3 Å². The highest BCUT2D eigenvalue weighted by Gasteiger charge is 2.40. The lowest BCUT2D eigenvalue weighted by Crippen LogP contribution is -2.25. The molecular formula is C8H9F3O4. The third kappa shape index (κ3) is 7.53. The summed E-state index contributed by atoms with van der Waals surface area (Å²) < 4.78 is 38.5. The number of hydrogen-bond acceptors (Lipinski definition) is 3. The fourth-order valence-electron chi connectivity index (χ4n) is 0.598. The SMILES string of the molecule is O=C(O)CC/C=C\COC(=O)C(F)(F)F. The van der Waals surface area contributed by atoms with Gasteiger partial charge < -0.3 is 9.84 Å². The number of halogens is 3. The van der Waals surface area contributed by atoms with Gasteiger partial charge in [-0.3, -0.25) is 4.79 Å². The molecule has 0 aliphatic carbocycles. The quantitative estimate of drug-likeness (QED) is 0.570. The molecule has 0 rings (SSSR count). The van der Waals surface area contributed by atoms with Crippen molar-refractivity contribution in [1.29, 1.82) is 0 Å². The topological polar surface area (TPSA) is 63.6 Å². The summed E-state index contributed by atoms with van der Waals surface area (Å²) in [6, 6.07) is 0. The van der Waals surface area contributed by atoms with E-state index in [0.29, 0.717) is 0 Å². The number of esters is 1. The van der Waals surface area contributed by atoms with E-state index in [1.54, 1.807) is 0 Å². The minimum absolute atomic E-state index is 0.121. The minimum Gasteiger partial charge on any atom is -0.481 e. The summed E-state index contributed by atoms with van der Waals surface area (Å²) in [5.74, 6) is -3.27. The van der Waals surface area contributed by atoms with E-state index in [0.717, 1.165) is 6.08 Å². The van der Waals surface area contributed by atoms with E-state index in [-0.39, 0.29) is 12.8 Å². The maximum atomic E-state index is 11.6. The molecule has 0 amide bonds. The summed E-state index contributed by atoms with van der Waals surface area (Å²) in [7, 11) is 0. The number of carboxylic acids is 1. The number of alkyl halides is 3. The molecule has 0 aromatic rings. The average molecular weight is 226 g/mol. The number of rotatable bonds is 5. The number of allylic oxidation sites excluding steroid dienone is 1. The smallest absolute Gasteiger partial charge is 0.481 e. The van der Waals surface area contributed by atoms with Gasteiger partial charge in [-0.2, -0.15) is 13.2 Å². The van der Waals surface area contributed by atoms with Crippen LogP contribution in [0.25, 0.3) is 0 Å². The second kappa shape index (κ2) is 6.05. The molecule has 15 heavy (non-hydrogen) atoms. The van der Waals surface area contributed by atoms with Crippen molar-refractivity contribution in [2.24, 2.45) is 0 Å². The number of hydrogen-bond donors (Lipinski definition) is 1. The maximum absolute atomic E-state index is 11.6. The molecule has 0 heterocycles. The van der Waals surface area contributed by atoms with E-state index in [1.165, 1.54) is 6.08 Å². The van der Waals surface area contributed by atoms with Crippen LogP contribution in [-0.4, -0.2) is 29.8 Å². The number of carbonyl (C=O) groups is 2. The van der Waals surface area contributed by atoms with Gasteiger partial charge in [0.1, 0.15) is 6.61 Å². The van der Waals surface area contributed by atoms with Crippen LogP contribution in [0.5, 0.6) is 0 Å². The Balaban J connectivity index is 3.62. The predicted molar refractivity (Wildman–Crippen MR) is 43.0 cm³/mol. The summed E-state index contributed by atoms with van der Waals surface area (Å²) in [4.78, 5) is 20.1. The van der Waals surface area contributed by atoms with Crippen molar-refractivity contribution in [3.05, 3.63) is 12.2 Å². The molecule has 0 radical (unpaired) electrons. The molecule has 0 saturated carbocycles. The van der Waals surface area contributed by atoms with Crippen LogP contribution in [0.2, 0.25) is 0 Å². The van der Waals surface area contributed by atoms with E-state index in [4.69, 9.17) is 5.11 Å². The number of carbonyl (C=O) groups excluding carboxylic acids is 1. The van der Waals surface area contributed by atoms with Crippen molar-refractivity contribution in [3.63, 3.8) is 0 Å². The molecule has 86 valence electrons. The number of carboxylic acid groups (broad SMARTS) is 1. The molecule has 0 saturated heterocycles. The van der Waals surface area contributed by atoms with Crippen LogP contribution in [0.15, 0.2) is 12.2 Å². The Hall–Kier alpha value is -1.53. The van der Waals surface area contributed by atoms with Crippen molar-refractivity contribution in [3.8, 4) is 0 Å². The summed E-state index contributed by atoms with van der Waals surface area (Å²) in [5, 5.41) is 8.20. The molecule has 7 heteroatoms. The minimum atomic E-state index is -4.99. The van der Waals surface area contributed by atoms with Crippen molar-refractivity contribution >= 4 is 11.9 Å². The molecule has 0 aliphatic heterocycles. The first-order valence-electron chi connectivity index (χ1n) is 3.94. The van der Waals surface area contributed by atoms with Gasteiger partial charge in [-0.15, -0.1) is 0 Å². The zero-order valence-electron chi connectivity index (χ0n) is 7.58. The zero-order valence-corrected chi connectivity index (χ0v) is 7.58. The summed E-state index contributed by atoms with van der Waals surface area (Å²) in [5.41, 5.74) is 0. The normalized spacial score (nSPS) is 11.7. The Labute approximate surface area is 83.3 Å². The van der Waals surface area contributed by atoms with E-state index >= 15 is 0 Å². The van der Waals surface area contributed by atoms with Crippen LogP contribution in [0.3, 0.4) is 0 Å². The molecule has 0 fully saturated rings. The van der Waals surface area contributed by atoms with Crippen LogP contribution in [0.1, 0.15) is 12.8 Å². The van der Waals surface area contributed by atoms with Gasteiger partial charge in [0.2, 0.25) is 0 Å². The van der Waals surface area contributed by atoms with E-state index in [1.807, 2.05) is 0 Å². The van der Waals surface area contributed by atoms with Gasteiger partial charge in [0, 0.05) is 6.42 Å². The molecule has 0 bridgehead atoms. The molecule has 0 aromatic heterocycles. The third-order valence-electron chi connectivity index (χ3n) is 1.23. The molecule has 1 N–H and O–H groups in total. The Morgan fingerprint density at radius 3 is 2.33 bits per heavy atom. The van der Waals surface area contributed by atoms with Crippen molar-refractivity contribution < 1.29 is 32.6 Å². The first kappa shape index (κ1) is 13.5. The monoisotopic (exact) mass is 226 g/mol. The van der Waals surface area contributed by atoms with Gasteiger partial charge >= 0.3 is 18.1 Å².